The molecule has 0 amide bonds. The zero-order valence-electron chi connectivity index (χ0n) is 14.3. The molecule has 1 heterocycles. The van der Waals surface area contributed by atoms with Crippen LogP contribution in [0.1, 0.15) is 42.9 Å². The number of hydrogen-bond donors (Lipinski definition) is 0. The van der Waals surface area contributed by atoms with Gasteiger partial charge in [-0.15, -0.1) is 0 Å². The summed E-state index contributed by atoms with van der Waals surface area (Å²) >= 11 is 6.10. The van der Waals surface area contributed by atoms with Crippen molar-refractivity contribution in [1.29, 1.82) is 5.26 Å². The first-order chi connectivity index (χ1) is 12.3. The van der Waals surface area contributed by atoms with Crippen LogP contribution in [0.15, 0.2) is 48.5 Å². The van der Waals surface area contributed by atoms with Gasteiger partial charge in [0.25, 0.3) is 0 Å². The molecule has 1 fully saturated rings. The average Bonchev–Trinajstić information content (AvgIpc) is 3.15. The molecule has 1 aliphatic rings. The fourth-order valence-corrected chi connectivity index (χ4v) is 3.47. The molecule has 1 saturated heterocycles. The molecule has 2 aromatic rings. The number of hydrogen-bond acceptors (Lipinski definition) is 3. The number of halogens is 1. The van der Waals surface area contributed by atoms with Gasteiger partial charge in [0.15, 0.2) is 0 Å². The van der Waals surface area contributed by atoms with Crippen LogP contribution in [0.5, 0.6) is 5.75 Å². The van der Waals surface area contributed by atoms with Crippen LogP contribution in [-0.2, 0) is 0 Å². The van der Waals surface area contributed by atoms with E-state index in [1.54, 1.807) is 18.2 Å². The van der Waals surface area contributed by atoms with Crippen LogP contribution in [-0.4, -0.2) is 24.5 Å². The zero-order chi connectivity index (χ0) is 17.5. The lowest BCUT2D eigenvalue weighted by atomic mass is 10.0. The molecule has 0 spiro atoms. The standard InChI is InChI=1S/C21H23ClN2O/c22-19-11-10-18(16-23)21(15-19)25-20(17-7-2-1-3-8-17)9-6-14-24-12-4-5-13-24/h1-3,7-8,10-11,15,20H,4-6,9,12-14H2/t20-/m1/s1. The largest absolute Gasteiger partial charge is 0.484 e. The van der Waals surface area contributed by atoms with Crippen LogP contribution in [0.4, 0.5) is 0 Å². The van der Waals surface area contributed by atoms with E-state index in [-0.39, 0.29) is 6.10 Å². The maximum Gasteiger partial charge on any atom is 0.139 e. The van der Waals surface area contributed by atoms with Crippen LogP contribution in [0.2, 0.25) is 5.02 Å². The Hall–Kier alpha value is -2.02. The van der Waals surface area contributed by atoms with Gasteiger partial charge in [0, 0.05) is 11.1 Å². The Balaban J connectivity index is 1.72. The summed E-state index contributed by atoms with van der Waals surface area (Å²) in [6.07, 6.45) is 4.54. The predicted molar refractivity (Wildman–Crippen MR) is 101 cm³/mol. The highest BCUT2D eigenvalue weighted by Crippen LogP contribution is 2.30. The van der Waals surface area contributed by atoms with Gasteiger partial charge in [0.05, 0.1) is 5.56 Å². The van der Waals surface area contributed by atoms with Crippen molar-refractivity contribution in [3.05, 3.63) is 64.7 Å². The smallest absolute Gasteiger partial charge is 0.139 e. The quantitative estimate of drug-likeness (QED) is 0.685. The molecule has 25 heavy (non-hydrogen) atoms. The third-order valence-electron chi connectivity index (χ3n) is 4.64. The lowest BCUT2D eigenvalue weighted by Crippen LogP contribution is -2.21. The van der Waals surface area contributed by atoms with Gasteiger partial charge in [-0.3, -0.25) is 0 Å². The molecule has 0 saturated carbocycles. The van der Waals surface area contributed by atoms with E-state index in [9.17, 15) is 5.26 Å². The maximum atomic E-state index is 9.33. The molecule has 0 aliphatic carbocycles. The molecule has 1 atom stereocenters. The van der Waals surface area contributed by atoms with E-state index in [1.807, 2.05) is 18.2 Å². The maximum absolute atomic E-state index is 9.33. The van der Waals surface area contributed by atoms with Gasteiger partial charge in [-0.05, 0) is 63.0 Å². The van der Waals surface area contributed by atoms with Crippen molar-refractivity contribution in [3.63, 3.8) is 0 Å². The first-order valence-electron chi connectivity index (χ1n) is 8.90. The van der Waals surface area contributed by atoms with Gasteiger partial charge in [0.1, 0.15) is 17.9 Å². The summed E-state index contributed by atoms with van der Waals surface area (Å²) in [6, 6.07) is 17.6. The second kappa shape index (κ2) is 8.89. The third kappa shape index (κ3) is 4.98. The van der Waals surface area contributed by atoms with Gasteiger partial charge >= 0.3 is 0 Å². The first kappa shape index (κ1) is 17.8. The third-order valence-corrected chi connectivity index (χ3v) is 4.88. The van der Waals surface area contributed by atoms with Crippen molar-refractivity contribution in [2.45, 2.75) is 31.8 Å². The molecule has 130 valence electrons. The number of ether oxygens (including phenoxy) is 1. The second-order valence-corrected chi connectivity index (χ2v) is 6.90. The average molecular weight is 355 g/mol. The van der Waals surface area contributed by atoms with Gasteiger partial charge in [-0.2, -0.15) is 5.26 Å². The van der Waals surface area contributed by atoms with Crippen LogP contribution >= 0.6 is 11.6 Å². The molecule has 2 aromatic carbocycles. The Bertz CT molecular complexity index is 720. The van der Waals surface area contributed by atoms with Crippen molar-refractivity contribution < 1.29 is 4.74 Å². The molecule has 0 unspecified atom stereocenters. The Kier molecular flexibility index (Phi) is 6.33. The summed E-state index contributed by atoms with van der Waals surface area (Å²) in [6.45, 7) is 3.53. The van der Waals surface area contributed by atoms with E-state index >= 15 is 0 Å². The highest BCUT2D eigenvalue weighted by Gasteiger charge is 2.17. The van der Waals surface area contributed by atoms with Gasteiger partial charge in [-0.25, -0.2) is 0 Å². The molecular formula is C21H23ClN2O. The Morgan fingerprint density at radius 3 is 2.60 bits per heavy atom. The molecule has 0 aromatic heterocycles. The number of nitrogens with zero attached hydrogens (tertiary/aromatic N) is 2. The lowest BCUT2D eigenvalue weighted by molar-refractivity contribution is 0.183. The molecular weight excluding hydrogens is 332 g/mol. The monoisotopic (exact) mass is 354 g/mol. The van der Waals surface area contributed by atoms with Crippen LogP contribution < -0.4 is 4.74 Å². The van der Waals surface area contributed by atoms with Crippen molar-refractivity contribution >= 4 is 11.6 Å². The minimum absolute atomic E-state index is 0.0747. The van der Waals surface area contributed by atoms with Gasteiger partial charge in [-0.1, -0.05) is 41.9 Å². The summed E-state index contributed by atoms with van der Waals surface area (Å²) in [5.74, 6) is 0.560. The van der Waals surface area contributed by atoms with E-state index in [1.165, 1.54) is 25.9 Å². The van der Waals surface area contributed by atoms with E-state index in [0.717, 1.165) is 24.9 Å². The lowest BCUT2D eigenvalue weighted by Gasteiger charge is -2.22. The predicted octanol–water partition coefficient (Wildman–Crippen LogP) is 5.21. The molecule has 1 aliphatic heterocycles. The molecule has 3 rings (SSSR count). The summed E-state index contributed by atoms with van der Waals surface area (Å²) in [5.41, 5.74) is 1.65. The van der Waals surface area contributed by atoms with Crippen LogP contribution in [0.3, 0.4) is 0 Å². The van der Waals surface area contributed by atoms with E-state index < -0.39 is 0 Å². The molecule has 0 radical (unpaired) electrons. The normalized spacial score (nSPS) is 15.7. The molecule has 4 heteroatoms. The van der Waals surface area contributed by atoms with E-state index in [0.29, 0.717) is 16.3 Å². The van der Waals surface area contributed by atoms with Crippen molar-refractivity contribution in [2.75, 3.05) is 19.6 Å². The minimum atomic E-state index is -0.0747. The summed E-state index contributed by atoms with van der Waals surface area (Å²) < 4.78 is 6.24. The van der Waals surface area contributed by atoms with E-state index in [4.69, 9.17) is 16.3 Å². The van der Waals surface area contributed by atoms with Crippen LogP contribution in [0, 0.1) is 11.3 Å². The zero-order valence-corrected chi connectivity index (χ0v) is 15.1. The fraction of sp³-hybridized carbons (Fsp3) is 0.381. The van der Waals surface area contributed by atoms with Gasteiger partial charge in [0.2, 0.25) is 0 Å². The summed E-state index contributed by atoms with van der Waals surface area (Å²) in [5, 5.41) is 9.91. The number of likely N-dealkylation sites (tertiary alicyclic amines) is 1. The number of benzene rings is 2. The van der Waals surface area contributed by atoms with Crippen LogP contribution in [0.25, 0.3) is 0 Å². The summed E-state index contributed by atoms with van der Waals surface area (Å²) in [7, 11) is 0. The Morgan fingerprint density at radius 2 is 1.88 bits per heavy atom. The Morgan fingerprint density at radius 1 is 1.12 bits per heavy atom. The molecule has 0 bridgehead atoms. The molecule has 3 nitrogen and oxygen atoms in total. The highest BCUT2D eigenvalue weighted by atomic mass is 35.5. The van der Waals surface area contributed by atoms with Crippen molar-refractivity contribution in [2.24, 2.45) is 0 Å². The van der Waals surface area contributed by atoms with E-state index in [2.05, 4.69) is 23.1 Å². The van der Waals surface area contributed by atoms with Crippen molar-refractivity contribution in [3.8, 4) is 11.8 Å². The SMILES string of the molecule is N#Cc1ccc(Cl)cc1O[C@H](CCCN1CCCC1)c1ccccc1. The van der Waals surface area contributed by atoms with Crippen molar-refractivity contribution in [1.82, 2.24) is 4.90 Å². The number of nitriles is 1. The molecule has 0 N–H and O–H groups in total. The minimum Gasteiger partial charge on any atom is -0.484 e. The van der Waals surface area contributed by atoms with Gasteiger partial charge < -0.3 is 9.64 Å². The number of rotatable bonds is 7. The first-order valence-corrected chi connectivity index (χ1v) is 9.27. The highest BCUT2D eigenvalue weighted by molar-refractivity contribution is 6.30. The fourth-order valence-electron chi connectivity index (χ4n) is 3.31. The summed E-state index contributed by atoms with van der Waals surface area (Å²) in [4.78, 5) is 2.52. The topological polar surface area (TPSA) is 36.3 Å². The second-order valence-electron chi connectivity index (χ2n) is 6.46. The Labute approximate surface area is 154 Å².